The van der Waals surface area contributed by atoms with Crippen molar-refractivity contribution in [3.8, 4) is 0 Å². The van der Waals surface area contributed by atoms with Crippen molar-refractivity contribution in [2.24, 2.45) is 5.92 Å². The average Bonchev–Trinajstić information content (AvgIpc) is 2.44. The highest BCUT2D eigenvalue weighted by Gasteiger charge is 2.41. The van der Waals surface area contributed by atoms with Gasteiger partial charge in [-0.2, -0.15) is 13.2 Å². The third-order valence-electron chi connectivity index (χ3n) is 4.01. The molecule has 1 aromatic rings. The lowest BCUT2D eigenvalue weighted by atomic mass is 9.86. The van der Waals surface area contributed by atoms with E-state index in [1.165, 1.54) is 0 Å². The van der Waals surface area contributed by atoms with Gasteiger partial charge in [-0.25, -0.2) is 0 Å². The first-order valence-corrected chi connectivity index (χ1v) is 7.92. The summed E-state index contributed by atoms with van der Waals surface area (Å²) in [5.41, 5.74) is 0.889. The van der Waals surface area contributed by atoms with Crippen molar-refractivity contribution < 1.29 is 18.0 Å². The van der Waals surface area contributed by atoms with Crippen LogP contribution in [-0.4, -0.2) is 43.2 Å². The molecule has 1 aliphatic rings. The smallest absolute Gasteiger partial charge is 0.344 e. The Balaban J connectivity index is 2.10. The molecule has 0 bridgehead atoms. The van der Waals surface area contributed by atoms with Crippen molar-refractivity contribution in [2.45, 2.75) is 25.1 Å². The van der Waals surface area contributed by atoms with E-state index in [0.29, 0.717) is 29.4 Å². The molecular formula is C15H17Cl2F3N2O. The zero-order valence-corrected chi connectivity index (χ0v) is 14.0. The van der Waals surface area contributed by atoms with Crippen molar-refractivity contribution in [1.29, 1.82) is 0 Å². The summed E-state index contributed by atoms with van der Waals surface area (Å²) in [5.74, 6) is -1.98. The lowest BCUT2D eigenvalue weighted by Gasteiger charge is -2.37. The molecular weight excluding hydrogens is 352 g/mol. The second-order valence-corrected chi connectivity index (χ2v) is 6.66. The first-order chi connectivity index (χ1) is 10.7. The number of nitrogens with zero attached hydrogens (tertiary/aromatic N) is 1. The summed E-state index contributed by atoms with van der Waals surface area (Å²) >= 11 is 11.8. The molecule has 1 aromatic carbocycles. The fraction of sp³-hybridized carbons (Fsp3) is 0.533. The van der Waals surface area contributed by atoms with E-state index < -0.39 is 18.1 Å². The first kappa shape index (κ1) is 18.4. The topological polar surface area (TPSA) is 32.3 Å². The van der Waals surface area contributed by atoms with E-state index >= 15 is 0 Å². The maximum Gasteiger partial charge on any atom is 0.471 e. The molecule has 2 rings (SSSR count). The second-order valence-electron chi connectivity index (χ2n) is 5.84. The molecule has 1 fully saturated rings. The van der Waals surface area contributed by atoms with E-state index in [0.717, 1.165) is 12.1 Å². The largest absolute Gasteiger partial charge is 0.471 e. The highest BCUT2D eigenvalue weighted by Crippen LogP contribution is 2.27. The van der Waals surface area contributed by atoms with Gasteiger partial charge in [0.15, 0.2) is 0 Å². The van der Waals surface area contributed by atoms with Gasteiger partial charge in [-0.15, -0.1) is 0 Å². The van der Waals surface area contributed by atoms with Gasteiger partial charge >= 0.3 is 12.1 Å². The first-order valence-electron chi connectivity index (χ1n) is 7.17. The number of amides is 1. The van der Waals surface area contributed by atoms with Crippen molar-refractivity contribution in [1.82, 2.24) is 10.2 Å². The molecule has 3 nitrogen and oxygen atoms in total. The van der Waals surface area contributed by atoms with Crippen molar-refractivity contribution >= 4 is 29.1 Å². The molecule has 2 atom stereocenters. The Morgan fingerprint density at radius 2 is 2.04 bits per heavy atom. The average molecular weight is 369 g/mol. The number of hydrogen-bond donors (Lipinski definition) is 1. The number of likely N-dealkylation sites (N-methyl/N-ethyl adjacent to an activating group) is 1. The highest BCUT2D eigenvalue weighted by atomic mass is 35.5. The Kier molecular flexibility index (Phi) is 5.81. The van der Waals surface area contributed by atoms with E-state index in [2.05, 4.69) is 5.32 Å². The molecule has 1 heterocycles. The minimum atomic E-state index is -4.87. The van der Waals surface area contributed by atoms with E-state index in [-0.39, 0.29) is 5.92 Å². The summed E-state index contributed by atoms with van der Waals surface area (Å²) in [7, 11) is 1.82. The zero-order valence-electron chi connectivity index (χ0n) is 12.5. The lowest BCUT2D eigenvalue weighted by Crippen LogP contribution is -2.54. The van der Waals surface area contributed by atoms with E-state index in [1.54, 1.807) is 18.2 Å². The fourth-order valence-corrected chi connectivity index (χ4v) is 3.11. The molecule has 0 saturated carbocycles. The van der Waals surface area contributed by atoms with Crippen molar-refractivity contribution in [2.75, 3.05) is 20.1 Å². The zero-order chi connectivity index (χ0) is 17.2. The molecule has 128 valence electrons. The highest BCUT2D eigenvalue weighted by molar-refractivity contribution is 6.42. The lowest BCUT2D eigenvalue weighted by molar-refractivity contribution is -0.175. The summed E-state index contributed by atoms with van der Waals surface area (Å²) in [5, 5.41) is 2.96. The molecule has 1 aliphatic heterocycles. The van der Waals surface area contributed by atoms with Gasteiger partial charge in [0.05, 0.1) is 10.0 Å². The summed E-state index contributed by atoms with van der Waals surface area (Å²) in [4.78, 5) is 13.2. The second kappa shape index (κ2) is 7.28. The number of nitrogens with one attached hydrogen (secondary N) is 1. The number of rotatable bonds is 3. The van der Waals surface area contributed by atoms with Crippen LogP contribution >= 0.6 is 23.2 Å². The van der Waals surface area contributed by atoms with E-state index in [4.69, 9.17) is 23.2 Å². The predicted molar refractivity (Wildman–Crippen MR) is 83.8 cm³/mol. The minimum Gasteiger partial charge on any atom is -0.344 e. The minimum absolute atomic E-state index is 0.0882. The Hall–Kier alpha value is -0.980. The molecule has 1 amide bonds. The van der Waals surface area contributed by atoms with Gasteiger partial charge < -0.3 is 10.2 Å². The Bertz CT molecular complexity index is 580. The summed E-state index contributed by atoms with van der Waals surface area (Å²) in [6.07, 6.45) is -3.64. The number of halogens is 5. The van der Waals surface area contributed by atoms with Crippen LogP contribution in [0.4, 0.5) is 13.2 Å². The van der Waals surface area contributed by atoms with Gasteiger partial charge in [-0.1, -0.05) is 29.3 Å². The van der Waals surface area contributed by atoms with Crippen LogP contribution < -0.4 is 5.32 Å². The number of benzene rings is 1. The Morgan fingerprint density at radius 1 is 1.35 bits per heavy atom. The Labute approximate surface area is 142 Å². The number of piperidine rings is 1. The van der Waals surface area contributed by atoms with E-state index in [1.807, 2.05) is 11.9 Å². The number of likely N-dealkylation sites (tertiary alicyclic amines) is 1. The molecule has 23 heavy (non-hydrogen) atoms. The SMILES string of the molecule is CN1CC[C@H](Cc2ccc(Cl)c(Cl)c2)[C@H](NC(=O)C(F)(F)F)C1. The Morgan fingerprint density at radius 3 is 2.65 bits per heavy atom. The fourth-order valence-electron chi connectivity index (χ4n) is 2.79. The van der Waals surface area contributed by atoms with Crippen LogP contribution in [0, 0.1) is 5.92 Å². The molecule has 0 spiro atoms. The third kappa shape index (κ3) is 4.99. The van der Waals surface area contributed by atoms with Crippen LogP contribution in [0.15, 0.2) is 18.2 Å². The van der Waals surface area contributed by atoms with Crippen molar-refractivity contribution in [3.63, 3.8) is 0 Å². The normalized spacial score (nSPS) is 22.9. The standard InChI is InChI=1S/C15H17Cl2F3N2O/c1-22-5-4-10(6-9-2-3-11(16)12(17)7-9)13(8-22)21-14(23)15(18,19)20/h2-3,7,10,13H,4-6,8H2,1H3,(H,21,23)/t10-,13-/m1/s1. The maximum atomic E-state index is 12.5. The quantitative estimate of drug-likeness (QED) is 0.884. The van der Waals surface area contributed by atoms with Gasteiger partial charge in [-0.3, -0.25) is 4.79 Å². The third-order valence-corrected chi connectivity index (χ3v) is 4.75. The number of hydrogen-bond acceptors (Lipinski definition) is 2. The maximum absolute atomic E-state index is 12.5. The van der Waals surface area contributed by atoms with Gasteiger partial charge in [0.2, 0.25) is 0 Å². The van der Waals surface area contributed by atoms with Gasteiger partial charge in [0, 0.05) is 12.6 Å². The van der Waals surface area contributed by atoms with E-state index in [9.17, 15) is 18.0 Å². The molecule has 1 saturated heterocycles. The number of carbonyl (C=O) groups is 1. The van der Waals surface area contributed by atoms with Crippen molar-refractivity contribution in [3.05, 3.63) is 33.8 Å². The van der Waals surface area contributed by atoms with Gasteiger partial charge in [0.25, 0.3) is 0 Å². The van der Waals surface area contributed by atoms with Crippen LogP contribution in [0.25, 0.3) is 0 Å². The predicted octanol–water partition coefficient (Wildman–Crippen LogP) is 3.53. The van der Waals surface area contributed by atoms with Crippen LogP contribution in [-0.2, 0) is 11.2 Å². The molecule has 0 aliphatic carbocycles. The summed E-state index contributed by atoms with van der Waals surface area (Å²) in [6, 6.07) is 4.62. The summed E-state index contributed by atoms with van der Waals surface area (Å²) < 4.78 is 37.5. The monoisotopic (exact) mass is 368 g/mol. The summed E-state index contributed by atoms with van der Waals surface area (Å²) in [6.45, 7) is 1.15. The number of carbonyl (C=O) groups excluding carboxylic acids is 1. The molecule has 0 radical (unpaired) electrons. The van der Waals surface area contributed by atoms with Crippen LogP contribution in [0.3, 0.4) is 0 Å². The van der Waals surface area contributed by atoms with Crippen LogP contribution in [0.1, 0.15) is 12.0 Å². The molecule has 0 unspecified atom stereocenters. The number of alkyl halides is 3. The molecule has 0 aromatic heterocycles. The van der Waals surface area contributed by atoms with Crippen LogP contribution in [0.5, 0.6) is 0 Å². The van der Waals surface area contributed by atoms with Gasteiger partial charge in [0.1, 0.15) is 0 Å². The van der Waals surface area contributed by atoms with Crippen LogP contribution in [0.2, 0.25) is 10.0 Å². The van der Waals surface area contributed by atoms with Gasteiger partial charge in [-0.05, 0) is 50.0 Å². The molecule has 1 N–H and O–H groups in total. The molecule has 8 heteroatoms.